The Morgan fingerprint density at radius 3 is 3.36 bits per heavy atom. The highest BCUT2D eigenvalue weighted by Gasteiger charge is 2.10. The van der Waals surface area contributed by atoms with Crippen LogP contribution in [0.3, 0.4) is 0 Å². The summed E-state index contributed by atoms with van der Waals surface area (Å²) in [5, 5.41) is 12.9. The van der Waals surface area contributed by atoms with Crippen molar-refractivity contribution in [3.63, 3.8) is 0 Å². The number of hydrogen-bond donors (Lipinski definition) is 2. The number of carbonyl (C=O) groups is 1. The summed E-state index contributed by atoms with van der Waals surface area (Å²) in [4.78, 5) is 16.4. The van der Waals surface area contributed by atoms with Crippen molar-refractivity contribution >= 4 is 22.1 Å². The maximum absolute atomic E-state index is 11.5. The maximum atomic E-state index is 11.5. The maximum Gasteiger partial charge on any atom is 0.269 e. The molecule has 2 aromatic rings. The molecule has 14 heavy (non-hydrogen) atoms. The van der Waals surface area contributed by atoms with Crippen LogP contribution < -0.4 is 5.32 Å². The van der Waals surface area contributed by atoms with Crippen LogP contribution in [0.5, 0.6) is 0 Å². The average molecular weight is 211 g/mol. The van der Waals surface area contributed by atoms with Crippen molar-refractivity contribution in [3.8, 4) is 0 Å². The van der Waals surface area contributed by atoms with Crippen molar-refractivity contribution < 1.29 is 9.90 Å². The van der Waals surface area contributed by atoms with Gasteiger partial charge in [0.15, 0.2) is 0 Å². The molecule has 0 bridgehead atoms. The van der Waals surface area contributed by atoms with E-state index >= 15 is 0 Å². The minimum absolute atomic E-state index is 0.0526. The Labute approximate surface area is 84.0 Å². The van der Waals surface area contributed by atoms with Crippen LogP contribution in [0.25, 0.3) is 4.83 Å². The van der Waals surface area contributed by atoms with Crippen molar-refractivity contribution in [2.45, 2.75) is 0 Å². The predicted molar refractivity (Wildman–Crippen MR) is 52.5 cm³/mol. The van der Waals surface area contributed by atoms with Gasteiger partial charge in [0.25, 0.3) is 5.91 Å². The molecule has 74 valence electrons. The van der Waals surface area contributed by atoms with Gasteiger partial charge in [-0.15, -0.1) is 11.3 Å². The molecule has 0 saturated carbocycles. The van der Waals surface area contributed by atoms with Gasteiger partial charge < -0.3 is 10.4 Å². The fourth-order valence-electron chi connectivity index (χ4n) is 1.15. The van der Waals surface area contributed by atoms with Crippen molar-refractivity contribution in [2.75, 3.05) is 13.2 Å². The van der Waals surface area contributed by atoms with Gasteiger partial charge in [0.2, 0.25) is 0 Å². The Morgan fingerprint density at radius 1 is 1.71 bits per heavy atom. The first-order valence-corrected chi connectivity index (χ1v) is 4.99. The summed E-state index contributed by atoms with van der Waals surface area (Å²) in [5.41, 5.74) is 0.552. The van der Waals surface area contributed by atoms with Gasteiger partial charge in [-0.05, 0) is 0 Å². The normalized spacial score (nSPS) is 10.6. The third-order valence-electron chi connectivity index (χ3n) is 1.79. The van der Waals surface area contributed by atoms with E-state index in [1.54, 1.807) is 22.3 Å². The molecule has 0 fully saturated rings. The topological polar surface area (TPSA) is 66.6 Å². The van der Waals surface area contributed by atoms with E-state index in [0.29, 0.717) is 5.69 Å². The first-order valence-electron chi connectivity index (χ1n) is 4.11. The second-order valence-corrected chi connectivity index (χ2v) is 3.59. The predicted octanol–water partition coefficient (Wildman–Crippen LogP) is 0.118. The largest absolute Gasteiger partial charge is 0.395 e. The van der Waals surface area contributed by atoms with E-state index in [1.807, 2.05) is 0 Å². The molecule has 0 spiro atoms. The number of aliphatic hydroxyl groups is 1. The summed E-state index contributed by atoms with van der Waals surface area (Å²) in [7, 11) is 0. The molecule has 0 saturated heterocycles. The zero-order chi connectivity index (χ0) is 9.97. The van der Waals surface area contributed by atoms with E-state index < -0.39 is 0 Å². The minimum atomic E-state index is -0.191. The number of amides is 1. The summed E-state index contributed by atoms with van der Waals surface area (Å²) in [6.45, 7) is 0.216. The summed E-state index contributed by atoms with van der Waals surface area (Å²) in [6.07, 6.45) is 3.30. The first kappa shape index (κ1) is 9.17. The number of aromatic nitrogens is 2. The zero-order valence-corrected chi connectivity index (χ0v) is 8.12. The van der Waals surface area contributed by atoms with E-state index in [9.17, 15) is 4.79 Å². The average Bonchev–Trinajstić information content (AvgIpc) is 2.74. The van der Waals surface area contributed by atoms with E-state index in [4.69, 9.17) is 5.11 Å². The van der Waals surface area contributed by atoms with Crippen LogP contribution in [0.1, 0.15) is 10.5 Å². The van der Waals surface area contributed by atoms with Gasteiger partial charge in [-0.3, -0.25) is 9.20 Å². The lowest BCUT2D eigenvalue weighted by molar-refractivity contribution is 0.0939. The SMILES string of the molecule is O=C(NCCO)c1csc2cncn12. The molecule has 0 aromatic carbocycles. The minimum Gasteiger partial charge on any atom is -0.395 e. The van der Waals surface area contributed by atoms with Crippen molar-refractivity contribution in [1.29, 1.82) is 0 Å². The molecule has 0 aliphatic rings. The van der Waals surface area contributed by atoms with Gasteiger partial charge in [-0.1, -0.05) is 0 Å². The van der Waals surface area contributed by atoms with E-state index in [0.717, 1.165) is 4.83 Å². The first-order chi connectivity index (χ1) is 6.83. The van der Waals surface area contributed by atoms with Crippen LogP contribution in [-0.2, 0) is 0 Å². The summed E-state index contributed by atoms with van der Waals surface area (Å²) in [5.74, 6) is -0.191. The number of imidazole rings is 1. The van der Waals surface area contributed by atoms with Crippen LogP contribution in [0, 0.1) is 0 Å². The number of nitrogens with one attached hydrogen (secondary N) is 1. The number of aliphatic hydroxyl groups excluding tert-OH is 1. The van der Waals surface area contributed by atoms with Gasteiger partial charge in [0.05, 0.1) is 12.8 Å². The lowest BCUT2D eigenvalue weighted by Gasteiger charge is -2.00. The number of hydrogen-bond acceptors (Lipinski definition) is 4. The molecule has 0 aliphatic carbocycles. The summed E-state index contributed by atoms with van der Waals surface area (Å²) < 4.78 is 1.72. The standard InChI is InChI=1S/C8H9N3O2S/c12-2-1-10-8(13)6-4-14-7-3-9-5-11(6)7/h3-5,12H,1-2H2,(H,10,13). The molecule has 5 nitrogen and oxygen atoms in total. The molecule has 2 aromatic heterocycles. The quantitative estimate of drug-likeness (QED) is 0.757. The van der Waals surface area contributed by atoms with Crippen LogP contribution in [-0.4, -0.2) is 33.6 Å². The second-order valence-electron chi connectivity index (χ2n) is 2.70. The van der Waals surface area contributed by atoms with Gasteiger partial charge in [0.1, 0.15) is 16.9 Å². The Balaban J connectivity index is 2.25. The molecule has 2 heterocycles. The number of nitrogens with zero attached hydrogens (tertiary/aromatic N) is 2. The fourth-order valence-corrected chi connectivity index (χ4v) is 1.98. The molecule has 2 rings (SSSR count). The monoisotopic (exact) mass is 211 g/mol. The van der Waals surface area contributed by atoms with E-state index in [-0.39, 0.29) is 19.1 Å². The van der Waals surface area contributed by atoms with Crippen LogP contribution >= 0.6 is 11.3 Å². The highest BCUT2D eigenvalue weighted by atomic mass is 32.1. The number of rotatable bonds is 3. The third-order valence-corrected chi connectivity index (χ3v) is 2.67. The number of thiazole rings is 1. The Bertz CT molecular complexity index is 448. The third kappa shape index (κ3) is 1.49. The molecule has 1 amide bonds. The molecular weight excluding hydrogens is 202 g/mol. The molecular formula is C8H9N3O2S. The van der Waals surface area contributed by atoms with Crippen molar-refractivity contribution in [2.24, 2.45) is 0 Å². The highest BCUT2D eigenvalue weighted by Crippen LogP contribution is 2.15. The van der Waals surface area contributed by atoms with E-state index in [2.05, 4.69) is 10.3 Å². The lowest BCUT2D eigenvalue weighted by Crippen LogP contribution is -2.27. The molecule has 0 unspecified atom stereocenters. The van der Waals surface area contributed by atoms with Crippen LogP contribution in [0.15, 0.2) is 17.9 Å². The van der Waals surface area contributed by atoms with E-state index in [1.165, 1.54) is 11.3 Å². The van der Waals surface area contributed by atoms with Crippen LogP contribution in [0.4, 0.5) is 0 Å². The highest BCUT2D eigenvalue weighted by molar-refractivity contribution is 7.15. The second kappa shape index (κ2) is 3.77. The van der Waals surface area contributed by atoms with Gasteiger partial charge in [-0.25, -0.2) is 4.98 Å². The molecule has 0 radical (unpaired) electrons. The van der Waals surface area contributed by atoms with Crippen molar-refractivity contribution in [3.05, 3.63) is 23.6 Å². The smallest absolute Gasteiger partial charge is 0.269 e. The fraction of sp³-hybridized carbons (Fsp3) is 0.250. The number of carbonyl (C=O) groups excluding carboxylic acids is 1. The summed E-state index contributed by atoms with van der Waals surface area (Å²) >= 11 is 1.46. The molecule has 2 N–H and O–H groups in total. The van der Waals surface area contributed by atoms with Gasteiger partial charge >= 0.3 is 0 Å². The van der Waals surface area contributed by atoms with Gasteiger partial charge in [0, 0.05) is 11.9 Å². The molecule has 0 atom stereocenters. The zero-order valence-electron chi connectivity index (χ0n) is 7.30. The molecule has 0 aliphatic heterocycles. The number of fused-ring (bicyclic) bond motifs is 1. The van der Waals surface area contributed by atoms with Gasteiger partial charge in [-0.2, -0.15) is 0 Å². The van der Waals surface area contributed by atoms with Crippen molar-refractivity contribution in [1.82, 2.24) is 14.7 Å². The Hall–Kier alpha value is -1.40. The lowest BCUT2D eigenvalue weighted by atomic mass is 10.4. The Morgan fingerprint density at radius 2 is 2.57 bits per heavy atom. The van der Waals surface area contributed by atoms with Crippen LogP contribution in [0.2, 0.25) is 0 Å². The summed E-state index contributed by atoms with van der Waals surface area (Å²) in [6, 6.07) is 0. The Kier molecular flexibility index (Phi) is 2.47. The molecule has 6 heteroatoms.